The number of hydrogen-bond acceptors (Lipinski definition) is 2. The van der Waals surface area contributed by atoms with Crippen molar-refractivity contribution in [2.75, 3.05) is 18.0 Å². The molecule has 18 heavy (non-hydrogen) atoms. The molecule has 1 aliphatic carbocycles. The van der Waals surface area contributed by atoms with Gasteiger partial charge in [-0.3, -0.25) is 0 Å². The average molecular weight is 264 g/mol. The van der Waals surface area contributed by atoms with Crippen molar-refractivity contribution in [2.24, 2.45) is 5.92 Å². The lowest BCUT2D eigenvalue weighted by Crippen LogP contribution is -2.28. The zero-order valence-electron chi connectivity index (χ0n) is 9.90. The van der Waals surface area contributed by atoms with E-state index in [4.69, 9.17) is 18.0 Å². The minimum Gasteiger partial charge on any atom is -0.478 e. The van der Waals surface area contributed by atoms with Gasteiger partial charge < -0.3 is 10.0 Å². The molecule has 1 N–H and O–H groups in total. The van der Waals surface area contributed by atoms with Crippen LogP contribution in [0, 0.1) is 18.3 Å². The van der Waals surface area contributed by atoms with Gasteiger partial charge in [0.25, 0.3) is 0 Å². The largest absolute Gasteiger partial charge is 0.478 e. The van der Waals surface area contributed by atoms with E-state index in [0.717, 1.165) is 6.54 Å². The molecule has 1 fully saturated rings. The second-order valence-corrected chi connectivity index (χ2v) is 4.87. The molecule has 0 atom stereocenters. The summed E-state index contributed by atoms with van der Waals surface area (Å²) in [4.78, 5) is 13.2. The van der Waals surface area contributed by atoms with Crippen LogP contribution in [0.5, 0.6) is 0 Å². The maximum atomic E-state index is 11.3. The van der Waals surface area contributed by atoms with Crippen LogP contribution in [0.2, 0.25) is 5.02 Å². The Morgan fingerprint density at radius 3 is 2.83 bits per heavy atom. The van der Waals surface area contributed by atoms with Gasteiger partial charge >= 0.3 is 5.97 Å². The van der Waals surface area contributed by atoms with Gasteiger partial charge in [0.1, 0.15) is 5.56 Å². The lowest BCUT2D eigenvalue weighted by molar-refractivity contribution is 0.0697. The number of halogens is 1. The molecule has 0 spiro atoms. The van der Waals surface area contributed by atoms with Gasteiger partial charge in [-0.15, -0.1) is 6.42 Å². The van der Waals surface area contributed by atoms with Crippen LogP contribution in [-0.2, 0) is 0 Å². The first kappa shape index (κ1) is 12.8. The molecule has 94 valence electrons. The number of terminal acetylenes is 1. The molecular weight excluding hydrogens is 250 g/mol. The van der Waals surface area contributed by atoms with E-state index in [2.05, 4.69) is 5.92 Å². The molecule has 1 saturated carbocycles. The van der Waals surface area contributed by atoms with Crippen LogP contribution in [-0.4, -0.2) is 24.2 Å². The number of anilines is 1. The van der Waals surface area contributed by atoms with E-state index in [-0.39, 0.29) is 10.6 Å². The highest BCUT2D eigenvalue weighted by Crippen LogP contribution is 2.34. The van der Waals surface area contributed by atoms with E-state index in [1.54, 1.807) is 18.2 Å². The summed E-state index contributed by atoms with van der Waals surface area (Å²) >= 11 is 5.96. The van der Waals surface area contributed by atoms with Gasteiger partial charge in [-0.05, 0) is 30.9 Å². The topological polar surface area (TPSA) is 40.5 Å². The Kier molecular flexibility index (Phi) is 3.78. The van der Waals surface area contributed by atoms with Crippen LogP contribution in [0.1, 0.15) is 23.2 Å². The molecule has 0 amide bonds. The molecular formula is C14H14ClNO2. The number of carboxylic acid groups (broad SMARTS) is 1. The number of nitrogens with zero attached hydrogens (tertiary/aromatic N) is 1. The zero-order valence-corrected chi connectivity index (χ0v) is 10.7. The fourth-order valence-electron chi connectivity index (χ4n) is 1.96. The third-order valence-electron chi connectivity index (χ3n) is 3.00. The van der Waals surface area contributed by atoms with Crippen molar-refractivity contribution in [3.05, 3.63) is 28.8 Å². The Bertz CT molecular complexity index is 503. The maximum absolute atomic E-state index is 11.3. The Balaban J connectivity index is 2.36. The standard InChI is InChI=1S/C14H14ClNO2/c1-2-8-16(9-10-6-7-10)12-5-3-4-11(15)13(12)14(17)18/h1,3-5,10H,6-9H2,(H,17,18). The summed E-state index contributed by atoms with van der Waals surface area (Å²) in [7, 11) is 0. The summed E-state index contributed by atoms with van der Waals surface area (Å²) in [6, 6.07) is 5.09. The summed E-state index contributed by atoms with van der Waals surface area (Å²) in [5.41, 5.74) is 0.745. The number of carboxylic acids is 1. The van der Waals surface area contributed by atoms with Gasteiger partial charge in [0.05, 0.1) is 17.3 Å². The van der Waals surface area contributed by atoms with Crippen LogP contribution >= 0.6 is 11.6 Å². The van der Waals surface area contributed by atoms with Crippen molar-refractivity contribution >= 4 is 23.3 Å². The van der Waals surface area contributed by atoms with E-state index in [0.29, 0.717) is 18.2 Å². The number of carbonyl (C=O) groups is 1. The third kappa shape index (κ3) is 2.77. The quantitative estimate of drug-likeness (QED) is 0.831. The molecule has 2 rings (SSSR count). The van der Waals surface area contributed by atoms with Crippen LogP contribution in [0.25, 0.3) is 0 Å². The van der Waals surface area contributed by atoms with E-state index in [9.17, 15) is 9.90 Å². The SMILES string of the molecule is C#CCN(CC1CC1)c1cccc(Cl)c1C(=O)O. The second kappa shape index (κ2) is 5.32. The van der Waals surface area contributed by atoms with Gasteiger partial charge in [-0.1, -0.05) is 23.6 Å². The smallest absolute Gasteiger partial charge is 0.339 e. The normalized spacial score (nSPS) is 14.0. The summed E-state index contributed by atoms with van der Waals surface area (Å²) in [5, 5.41) is 9.50. The lowest BCUT2D eigenvalue weighted by Gasteiger charge is -2.24. The van der Waals surface area contributed by atoms with Crippen molar-refractivity contribution in [2.45, 2.75) is 12.8 Å². The molecule has 1 aromatic carbocycles. The van der Waals surface area contributed by atoms with Crippen LogP contribution < -0.4 is 4.90 Å². The Morgan fingerprint density at radius 1 is 1.56 bits per heavy atom. The minimum absolute atomic E-state index is 0.134. The van der Waals surface area contributed by atoms with Crippen LogP contribution in [0.15, 0.2) is 18.2 Å². The van der Waals surface area contributed by atoms with Crippen LogP contribution in [0.3, 0.4) is 0 Å². The van der Waals surface area contributed by atoms with Gasteiger partial charge in [-0.25, -0.2) is 4.79 Å². The van der Waals surface area contributed by atoms with Crippen molar-refractivity contribution < 1.29 is 9.90 Å². The van der Waals surface area contributed by atoms with E-state index in [1.807, 2.05) is 4.90 Å². The molecule has 0 unspecified atom stereocenters. The summed E-state index contributed by atoms with van der Waals surface area (Å²) in [5.74, 6) is 2.18. The number of hydrogen-bond donors (Lipinski definition) is 1. The Morgan fingerprint density at radius 2 is 2.28 bits per heavy atom. The molecule has 0 heterocycles. The highest BCUT2D eigenvalue weighted by atomic mass is 35.5. The van der Waals surface area contributed by atoms with Crippen molar-refractivity contribution in [3.8, 4) is 12.3 Å². The molecule has 4 heteroatoms. The van der Waals surface area contributed by atoms with Crippen molar-refractivity contribution in [1.29, 1.82) is 0 Å². The van der Waals surface area contributed by atoms with Gasteiger partial charge in [0.2, 0.25) is 0 Å². The molecule has 3 nitrogen and oxygen atoms in total. The first-order chi connectivity index (χ1) is 8.63. The summed E-state index contributed by atoms with van der Waals surface area (Å²) in [6.07, 6.45) is 7.72. The third-order valence-corrected chi connectivity index (χ3v) is 3.32. The highest BCUT2D eigenvalue weighted by Gasteiger charge is 2.26. The fourth-order valence-corrected chi connectivity index (χ4v) is 2.21. The molecule has 0 aromatic heterocycles. The van der Waals surface area contributed by atoms with E-state index < -0.39 is 5.97 Å². The molecule has 1 aromatic rings. The minimum atomic E-state index is -1.02. The molecule has 0 bridgehead atoms. The van der Waals surface area contributed by atoms with Gasteiger partial charge in [0, 0.05) is 6.54 Å². The number of benzene rings is 1. The molecule has 1 aliphatic rings. The number of rotatable bonds is 5. The van der Waals surface area contributed by atoms with Crippen molar-refractivity contribution in [3.63, 3.8) is 0 Å². The molecule has 0 radical (unpaired) electrons. The Hall–Kier alpha value is -1.66. The highest BCUT2D eigenvalue weighted by molar-refractivity contribution is 6.34. The predicted molar refractivity (Wildman–Crippen MR) is 72.2 cm³/mol. The zero-order chi connectivity index (χ0) is 13.1. The number of aromatic carboxylic acids is 1. The molecule has 0 saturated heterocycles. The lowest BCUT2D eigenvalue weighted by atomic mass is 10.1. The maximum Gasteiger partial charge on any atom is 0.339 e. The van der Waals surface area contributed by atoms with Gasteiger partial charge in [-0.2, -0.15) is 0 Å². The first-order valence-corrected chi connectivity index (χ1v) is 6.21. The summed E-state index contributed by atoms with van der Waals surface area (Å²) < 4.78 is 0. The van der Waals surface area contributed by atoms with Crippen LogP contribution in [0.4, 0.5) is 5.69 Å². The van der Waals surface area contributed by atoms with Gasteiger partial charge in [0.15, 0.2) is 0 Å². The average Bonchev–Trinajstić information content (AvgIpc) is 3.11. The predicted octanol–water partition coefficient (Wildman–Crippen LogP) is 2.89. The Labute approximate surface area is 111 Å². The first-order valence-electron chi connectivity index (χ1n) is 5.83. The van der Waals surface area contributed by atoms with E-state index in [1.165, 1.54) is 12.8 Å². The van der Waals surface area contributed by atoms with Crippen molar-refractivity contribution in [1.82, 2.24) is 0 Å². The fraction of sp³-hybridized carbons (Fsp3) is 0.357. The molecule has 0 aliphatic heterocycles. The van der Waals surface area contributed by atoms with E-state index >= 15 is 0 Å². The monoisotopic (exact) mass is 263 g/mol. The second-order valence-electron chi connectivity index (χ2n) is 4.47. The summed E-state index contributed by atoms with van der Waals surface area (Å²) in [6.45, 7) is 1.20.